The molecule has 86 valence electrons. The standard InChI is InChI=1S/C9H17N3O3/c1-4-7(13)12-8(14)5(2)10-11-6(3)9(12)15/h5-7,10-11,13H,4H2,1-3H3. The predicted molar refractivity (Wildman–Crippen MR) is 53.3 cm³/mol. The molecule has 1 aliphatic rings. The monoisotopic (exact) mass is 215 g/mol. The van der Waals surface area contributed by atoms with Gasteiger partial charge in [-0.1, -0.05) is 6.92 Å². The molecule has 0 bridgehead atoms. The highest BCUT2D eigenvalue weighted by atomic mass is 16.3. The number of rotatable bonds is 2. The van der Waals surface area contributed by atoms with E-state index in [0.29, 0.717) is 6.42 Å². The van der Waals surface area contributed by atoms with Gasteiger partial charge in [0.15, 0.2) is 0 Å². The van der Waals surface area contributed by atoms with E-state index in [4.69, 9.17) is 0 Å². The van der Waals surface area contributed by atoms with E-state index in [1.54, 1.807) is 20.8 Å². The molecule has 15 heavy (non-hydrogen) atoms. The van der Waals surface area contributed by atoms with Crippen LogP contribution in [0.1, 0.15) is 27.2 Å². The fraction of sp³-hybridized carbons (Fsp3) is 0.778. The first-order valence-corrected chi connectivity index (χ1v) is 5.05. The minimum atomic E-state index is -1.04. The van der Waals surface area contributed by atoms with Gasteiger partial charge in [0.1, 0.15) is 6.23 Å². The van der Waals surface area contributed by atoms with Crippen LogP contribution in [-0.4, -0.2) is 40.1 Å². The Hall–Kier alpha value is -0.980. The molecule has 6 nitrogen and oxygen atoms in total. The van der Waals surface area contributed by atoms with Crippen LogP contribution in [-0.2, 0) is 9.59 Å². The Bertz CT molecular complexity index is 247. The second kappa shape index (κ2) is 4.69. The minimum absolute atomic E-state index is 0.330. The predicted octanol–water partition coefficient (Wildman–Crippen LogP) is -1.05. The average molecular weight is 215 g/mol. The third-order valence-corrected chi connectivity index (χ3v) is 2.40. The van der Waals surface area contributed by atoms with Gasteiger partial charge < -0.3 is 5.11 Å². The number of nitrogens with zero attached hydrogens (tertiary/aromatic N) is 1. The van der Waals surface area contributed by atoms with Crippen molar-refractivity contribution in [3.8, 4) is 0 Å². The van der Waals surface area contributed by atoms with Gasteiger partial charge in [-0.25, -0.2) is 10.9 Å². The van der Waals surface area contributed by atoms with Crippen LogP contribution >= 0.6 is 0 Å². The molecule has 0 radical (unpaired) electrons. The first-order chi connectivity index (χ1) is 6.99. The number of carbonyl (C=O) groups excluding carboxylic acids is 2. The van der Waals surface area contributed by atoms with Gasteiger partial charge in [-0.3, -0.25) is 14.5 Å². The lowest BCUT2D eigenvalue weighted by Crippen LogP contribution is -2.50. The number of carbonyl (C=O) groups is 2. The van der Waals surface area contributed by atoms with Crippen LogP contribution in [0.25, 0.3) is 0 Å². The zero-order valence-corrected chi connectivity index (χ0v) is 9.15. The fourth-order valence-electron chi connectivity index (χ4n) is 1.38. The van der Waals surface area contributed by atoms with Gasteiger partial charge in [-0.05, 0) is 20.3 Å². The number of hydrogen-bond donors (Lipinski definition) is 3. The topological polar surface area (TPSA) is 81.7 Å². The third-order valence-electron chi connectivity index (χ3n) is 2.40. The van der Waals surface area contributed by atoms with Crippen molar-refractivity contribution in [3.05, 3.63) is 0 Å². The first-order valence-electron chi connectivity index (χ1n) is 5.05. The van der Waals surface area contributed by atoms with Crippen LogP contribution in [0.4, 0.5) is 0 Å². The van der Waals surface area contributed by atoms with Crippen molar-refractivity contribution in [3.63, 3.8) is 0 Å². The molecule has 0 aromatic rings. The summed E-state index contributed by atoms with van der Waals surface area (Å²) < 4.78 is 0. The number of imide groups is 1. The van der Waals surface area contributed by atoms with E-state index < -0.39 is 30.1 Å². The largest absolute Gasteiger partial charge is 0.373 e. The maximum Gasteiger partial charge on any atom is 0.249 e. The summed E-state index contributed by atoms with van der Waals surface area (Å²) in [7, 11) is 0. The Kier molecular flexibility index (Phi) is 3.78. The molecular weight excluding hydrogens is 198 g/mol. The minimum Gasteiger partial charge on any atom is -0.373 e. The number of aliphatic hydroxyl groups is 1. The van der Waals surface area contributed by atoms with E-state index in [-0.39, 0.29) is 0 Å². The molecule has 0 aromatic heterocycles. The normalized spacial score (nSPS) is 30.3. The van der Waals surface area contributed by atoms with Crippen molar-refractivity contribution in [2.45, 2.75) is 45.5 Å². The maximum atomic E-state index is 11.7. The Labute approximate surface area is 88.6 Å². The van der Waals surface area contributed by atoms with E-state index in [0.717, 1.165) is 4.90 Å². The molecule has 1 rings (SSSR count). The highest BCUT2D eigenvalue weighted by Crippen LogP contribution is 2.09. The van der Waals surface area contributed by atoms with Crippen molar-refractivity contribution in [2.75, 3.05) is 0 Å². The van der Waals surface area contributed by atoms with Crippen LogP contribution in [0, 0.1) is 0 Å². The summed E-state index contributed by atoms with van der Waals surface area (Å²) in [6, 6.07) is -1.06. The summed E-state index contributed by atoms with van der Waals surface area (Å²) in [4.78, 5) is 24.4. The molecule has 1 heterocycles. The Balaban J connectivity index is 2.94. The first kappa shape index (κ1) is 12.1. The lowest BCUT2D eigenvalue weighted by atomic mass is 10.2. The molecule has 1 fully saturated rings. The average Bonchev–Trinajstić information content (AvgIpc) is 2.31. The van der Waals surface area contributed by atoms with Gasteiger partial charge in [-0.2, -0.15) is 0 Å². The molecule has 6 heteroatoms. The SMILES string of the molecule is CCC(O)N1C(=O)C(C)NNC(C)C1=O. The summed E-state index contributed by atoms with van der Waals surface area (Å²) in [5, 5.41) is 9.61. The van der Waals surface area contributed by atoms with Gasteiger partial charge in [0.2, 0.25) is 11.8 Å². The lowest BCUT2D eigenvalue weighted by Gasteiger charge is -2.26. The third kappa shape index (κ3) is 2.34. The number of hydrogen-bond acceptors (Lipinski definition) is 5. The molecule has 0 spiro atoms. The van der Waals surface area contributed by atoms with E-state index in [2.05, 4.69) is 10.9 Å². The van der Waals surface area contributed by atoms with Crippen molar-refractivity contribution in [1.29, 1.82) is 0 Å². The second-order valence-electron chi connectivity index (χ2n) is 3.67. The zero-order chi connectivity index (χ0) is 11.6. The Morgan fingerprint density at radius 3 is 2.00 bits per heavy atom. The van der Waals surface area contributed by atoms with Crippen LogP contribution in [0.5, 0.6) is 0 Å². The molecule has 0 aliphatic carbocycles. The van der Waals surface area contributed by atoms with Crippen LogP contribution in [0.3, 0.4) is 0 Å². The van der Waals surface area contributed by atoms with Crippen molar-refractivity contribution < 1.29 is 14.7 Å². The molecule has 1 aliphatic heterocycles. The summed E-state index contributed by atoms with van der Waals surface area (Å²) in [5.74, 6) is -0.822. The maximum absolute atomic E-state index is 11.7. The van der Waals surface area contributed by atoms with Crippen molar-refractivity contribution in [2.24, 2.45) is 0 Å². The zero-order valence-electron chi connectivity index (χ0n) is 9.15. The Morgan fingerprint density at radius 2 is 1.67 bits per heavy atom. The second-order valence-corrected chi connectivity index (χ2v) is 3.67. The van der Waals surface area contributed by atoms with Gasteiger partial charge in [0, 0.05) is 0 Å². The molecule has 1 saturated heterocycles. The highest BCUT2D eigenvalue weighted by molar-refractivity contribution is 6.00. The smallest absolute Gasteiger partial charge is 0.249 e. The molecular formula is C9H17N3O3. The van der Waals surface area contributed by atoms with Crippen LogP contribution in [0.15, 0.2) is 0 Å². The van der Waals surface area contributed by atoms with Crippen molar-refractivity contribution >= 4 is 11.8 Å². The highest BCUT2D eigenvalue weighted by Gasteiger charge is 2.36. The fourth-order valence-corrected chi connectivity index (χ4v) is 1.38. The molecule has 0 aromatic carbocycles. The Morgan fingerprint density at radius 1 is 1.27 bits per heavy atom. The number of nitrogens with one attached hydrogen (secondary N) is 2. The summed E-state index contributed by atoms with van der Waals surface area (Å²) in [6.07, 6.45) is -0.715. The molecule has 0 saturated carbocycles. The van der Waals surface area contributed by atoms with Gasteiger partial charge in [0.25, 0.3) is 0 Å². The molecule has 3 atom stereocenters. The van der Waals surface area contributed by atoms with Crippen LogP contribution < -0.4 is 10.9 Å². The molecule has 3 N–H and O–H groups in total. The van der Waals surface area contributed by atoms with E-state index in [1.165, 1.54) is 0 Å². The summed E-state index contributed by atoms with van der Waals surface area (Å²) in [6.45, 7) is 4.98. The van der Waals surface area contributed by atoms with Crippen LogP contribution in [0.2, 0.25) is 0 Å². The molecule has 3 unspecified atom stereocenters. The number of aliphatic hydroxyl groups excluding tert-OH is 1. The van der Waals surface area contributed by atoms with E-state index in [9.17, 15) is 14.7 Å². The van der Waals surface area contributed by atoms with E-state index in [1.807, 2.05) is 0 Å². The number of hydrazine groups is 1. The molecule has 2 amide bonds. The van der Waals surface area contributed by atoms with E-state index >= 15 is 0 Å². The van der Waals surface area contributed by atoms with Gasteiger partial charge in [-0.15, -0.1) is 0 Å². The number of amides is 2. The quantitative estimate of drug-likeness (QED) is 0.512. The van der Waals surface area contributed by atoms with Gasteiger partial charge in [0.05, 0.1) is 12.1 Å². The lowest BCUT2D eigenvalue weighted by molar-refractivity contribution is -0.156. The van der Waals surface area contributed by atoms with Gasteiger partial charge >= 0.3 is 0 Å². The van der Waals surface area contributed by atoms with Crippen molar-refractivity contribution in [1.82, 2.24) is 15.8 Å². The summed E-state index contributed by atoms with van der Waals surface area (Å²) >= 11 is 0. The summed E-state index contributed by atoms with van der Waals surface area (Å²) in [5.41, 5.74) is 5.42.